The molecule has 0 spiro atoms. The second-order valence-electron chi connectivity index (χ2n) is 4.54. The number of nitrogens with one attached hydrogen (secondary N) is 1. The molecule has 1 aromatic rings. The highest BCUT2D eigenvalue weighted by Gasteiger charge is 2.06. The highest BCUT2D eigenvalue weighted by Crippen LogP contribution is 2.23. The van der Waals surface area contributed by atoms with Crippen molar-refractivity contribution in [2.45, 2.75) is 32.7 Å². The van der Waals surface area contributed by atoms with Gasteiger partial charge in [-0.05, 0) is 37.1 Å². The van der Waals surface area contributed by atoms with Crippen molar-refractivity contribution in [3.05, 3.63) is 29.3 Å². The minimum atomic E-state index is 0.545. The van der Waals surface area contributed by atoms with E-state index in [9.17, 15) is 0 Å². The van der Waals surface area contributed by atoms with Gasteiger partial charge in [0.1, 0.15) is 5.75 Å². The Balaban J connectivity index is 2.69. The maximum absolute atomic E-state index is 5.46. The van der Waals surface area contributed by atoms with Gasteiger partial charge in [0.15, 0.2) is 0 Å². The first kappa shape index (κ1) is 14.0. The molecule has 0 saturated carbocycles. The molecular formula is C14H24N2O. The fraction of sp³-hybridized carbons (Fsp3) is 0.571. The summed E-state index contributed by atoms with van der Waals surface area (Å²) in [5.74, 6) is 1.50. The molecule has 0 radical (unpaired) electrons. The van der Waals surface area contributed by atoms with E-state index in [0.29, 0.717) is 5.92 Å². The summed E-state index contributed by atoms with van der Waals surface area (Å²) in [5.41, 5.74) is 8.03. The summed E-state index contributed by atoms with van der Waals surface area (Å²) < 4.78 is 5.37. The SMILES string of the molecule is COc1ccc(C(C)C)cc1CNCCCN. The van der Waals surface area contributed by atoms with Crippen LogP contribution in [0.5, 0.6) is 5.75 Å². The van der Waals surface area contributed by atoms with Crippen molar-refractivity contribution in [2.24, 2.45) is 5.73 Å². The molecule has 0 aromatic heterocycles. The maximum Gasteiger partial charge on any atom is 0.123 e. The first-order chi connectivity index (χ1) is 8.19. The Kier molecular flexibility index (Phi) is 6.01. The van der Waals surface area contributed by atoms with Crippen LogP contribution in [0.15, 0.2) is 18.2 Å². The van der Waals surface area contributed by atoms with Crippen molar-refractivity contribution in [3.63, 3.8) is 0 Å². The van der Waals surface area contributed by atoms with Gasteiger partial charge in [0.2, 0.25) is 0 Å². The molecule has 1 rings (SSSR count). The number of nitrogens with two attached hydrogens (primary N) is 1. The fourth-order valence-electron chi connectivity index (χ4n) is 1.75. The molecule has 1 aromatic carbocycles. The predicted octanol–water partition coefficient (Wildman–Crippen LogP) is 2.26. The maximum atomic E-state index is 5.46. The minimum absolute atomic E-state index is 0.545. The van der Waals surface area contributed by atoms with Crippen LogP contribution in [0.25, 0.3) is 0 Å². The van der Waals surface area contributed by atoms with Gasteiger partial charge in [-0.2, -0.15) is 0 Å². The average Bonchev–Trinajstić information content (AvgIpc) is 2.34. The summed E-state index contributed by atoms with van der Waals surface area (Å²) >= 11 is 0. The molecule has 0 heterocycles. The van der Waals surface area contributed by atoms with Gasteiger partial charge in [0.05, 0.1) is 7.11 Å². The molecule has 0 saturated heterocycles. The first-order valence-electron chi connectivity index (χ1n) is 6.26. The summed E-state index contributed by atoms with van der Waals surface area (Å²) in [6.45, 7) is 6.92. The summed E-state index contributed by atoms with van der Waals surface area (Å²) in [4.78, 5) is 0. The van der Waals surface area contributed by atoms with Crippen molar-refractivity contribution < 1.29 is 4.74 Å². The van der Waals surface area contributed by atoms with Gasteiger partial charge in [-0.1, -0.05) is 26.0 Å². The smallest absolute Gasteiger partial charge is 0.123 e. The lowest BCUT2D eigenvalue weighted by molar-refractivity contribution is 0.407. The number of benzene rings is 1. The van der Waals surface area contributed by atoms with E-state index in [1.54, 1.807) is 7.11 Å². The molecule has 0 amide bonds. The number of ether oxygens (including phenoxy) is 1. The van der Waals surface area contributed by atoms with Crippen molar-refractivity contribution in [1.82, 2.24) is 5.32 Å². The van der Waals surface area contributed by atoms with Crippen molar-refractivity contribution in [1.29, 1.82) is 0 Å². The molecule has 0 atom stereocenters. The third kappa shape index (κ3) is 4.36. The average molecular weight is 236 g/mol. The minimum Gasteiger partial charge on any atom is -0.496 e. The van der Waals surface area contributed by atoms with E-state index >= 15 is 0 Å². The first-order valence-corrected chi connectivity index (χ1v) is 6.26. The Hall–Kier alpha value is -1.06. The van der Waals surface area contributed by atoms with Gasteiger partial charge in [0.25, 0.3) is 0 Å². The molecule has 3 N–H and O–H groups in total. The van der Waals surface area contributed by atoms with Gasteiger partial charge < -0.3 is 15.8 Å². The van der Waals surface area contributed by atoms with E-state index in [4.69, 9.17) is 10.5 Å². The Morgan fingerprint density at radius 3 is 2.71 bits per heavy atom. The number of methoxy groups -OCH3 is 1. The van der Waals surface area contributed by atoms with Crippen molar-refractivity contribution in [2.75, 3.05) is 20.2 Å². The molecule has 0 unspecified atom stereocenters. The Morgan fingerprint density at radius 2 is 2.12 bits per heavy atom. The van der Waals surface area contributed by atoms with Gasteiger partial charge in [-0.3, -0.25) is 0 Å². The van der Waals surface area contributed by atoms with Crippen molar-refractivity contribution in [3.8, 4) is 5.75 Å². The quantitative estimate of drug-likeness (QED) is 0.714. The van der Waals surface area contributed by atoms with Crippen LogP contribution < -0.4 is 15.8 Å². The molecule has 0 fully saturated rings. The molecule has 0 aliphatic carbocycles. The van der Waals surface area contributed by atoms with Gasteiger partial charge in [-0.25, -0.2) is 0 Å². The molecule has 17 heavy (non-hydrogen) atoms. The Bertz CT molecular complexity index is 337. The monoisotopic (exact) mass is 236 g/mol. The van der Waals surface area contributed by atoms with Crippen LogP contribution in [0.3, 0.4) is 0 Å². The van der Waals surface area contributed by atoms with E-state index < -0.39 is 0 Å². The van der Waals surface area contributed by atoms with Gasteiger partial charge >= 0.3 is 0 Å². The zero-order valence-corrected chi connectivity index (χ0v) is 11.1. The second-order valence-corrected chi connectivity index (χ2v) is 4.54. The van der Waals surface area contributed by atoms with Gasteiger partial charge in [-0.15, -0.1) is 0 Å². The summed E-state index contributed by atoms with van der Waals surface area (Å²) in [6.07, 6.45) is 1.01. The third-order valence-corrected chi connectivity index (χ3v) is 2.84. The molecule has 3 heteroatoms. The van der Waals surface area contributed by atoms with Crippen molar-refractivity contribution >= 4 is 0 Å². The lowest BCUT2D eigenvalue weighted by atomic mass is 10.0. The highest BCUT2D eigenvalue weighted by atomic mass is 16.5. The van der Waals surface area contributed by atoms with E-state index in [1.165, 1.54) is 11.1 Å². The zero-order chi connectivity index (χ0) is 12.7. The van der Waals surface area contributed by atoms with Crippen LogP contribution in [-0.2, 0) is 6.54 Å². The van der Waals surface area contributed by atoms with Crippen LogP contribution in [0.2, 0.25) is 0 Å². The normalized spacial score (nSPS) is 10.9. The molecule has 0 bridgehead atoms. The van der Waals surface area contributed by atoms with Crippen LogP contribution in [0, 0.1) is 0 Å². The molecule has 96 valence electrons. The van der Waals surface area contributed by atoms with E-state index in [2.05, 4.69) is 37.4 Å². The van der Waals surface area contributed by atoms with E-state index in [0.717, 1.165) is 31.8 Å². The molecule has 0 aliphatic heterocycles. The standard InChI is InChI=1S/C14H24N2O/c1-11(2)12-5-6-14(17-3)13(9-12)10-16-8-4-7-15/h5-6,9,11,16H,4,7-8,10,15H2,1-3H3. The molecule has 3 nitrogen and oxygen atoms in total. The van der Waals surface area contributed by atoms with Crippen LogP contribution in [0.4, 0.5) is 0 Å². The summed E-state index contributed by atoms with van der Waals surface area (Å²) in [7, 11) is 1.72. The van der Waals surface area contributed by atoms with E-state index in [1.807, 2.05) is 0 Å². The van der Waals surface area contributed by atoms with Crippen LogP contribution in [0.1, 0.15) is 37.3 Å². The van der Waals surface area contributed by atoms with Gasteiger partial charge in [0, 0.05) is 12.1 Å². The summed E-state index contributed by atoms with van der Waals surface area (Å²) in [6, 6.07) is 6.40. The lowest BCUT2D eigenvalue weighted by Crippen LogP contribution is -2.18. The number of hydrogen-bond donors (Lipinski definition) is 2. The molecular weight excluding hydrogens is 212 g/mol. The predicted molar refractivity (Wildman–Crippen MR) is 72.5 cm³/mol. The largest absolute Gasteiger partial charge is 0.496 e. The second kappa shape index (κ2) is 7.30. The Morgan fingerprint density at radius 1 is 1.35 bits per heavy atom. The van der Waals surface area contributed by atoms with Crippen LogP contribution >= 0.6 is 0 Å². The Labute approximate surface area is 104 Å². The van der Waals surface area contributed by atoms with Crippen LogP contribution in [-0.4, -0.2) is 20.2 Å². The van der Waals surface area contributed by atoms with E-state index in [-0.39, 0.29) is 0 Å². The molecule has 0 aliphatic rings. The zero-order valence-electron chi connectivity index (χ0n) is 11.1. The fourth-order valence-corrected chi connectivity index (χ4v) is 1.75. The third-order valence-electron chi connectivity index (χ3n) is 2.84. The number of hydrogen-bond acceptors (Lipinski definition) is 3. The lowest BCUT2D eigenvalue weighted by Gasteiger charge is -2.13. The summed E-state index contributed by atoms with van der Waals surface area (Å²) in [5, 5.41) is 3.38. The topological polar surface area (TPSA) is 47.3 Å². The highest BCUT2D eigenvalue weighted by molar-refractivity contribution is 5.38. The number of rotatable bonds is 7.